The van der Waals surface area contributed by atoms with E-state index in [2.05, 4.69) is 10.5 Å². The van der Waals surface area contributed by atoms with Crippen LogP contribution in [0.1, 0.15) is 24.8 Å². The second-order valence-corrected chi connectivity index (χ2v) is 4.73. The normalized spacial score (nSPS) is 17.6. The van der Waals surface area contributed by atoms with Crippen LogP contribution in [0.2, 0.25) is 0 Å². The molecule has 1 saturated carbocycles. The highest BCUT2D eigenvalue weighted by Gasteiger charge is 2.48. The number of aliphatic hydroxyl groups excluding tert-OH is 1. The molecule has 0 bridgehead atoms. The lowest BCUT2D eigenvalue weighted by Crippen LogP contribution is -2.51. The Bertz CT molecular complexity index is 492. The molecule has 1 aliphatic carbocycles. The lowest BCUT2D eigenvalue weighted by atomic mass is 9.67. The number of nitrogens with two attached hydrogens (primary N) is 1. The van der Waals surface area contributed by atoms with Gasteiger partial charge in [0.05, 0.1) is 6.61 Å². The van der Waals surface area contributed by atoms with E-state index in [0.29, 0.717) is 18.5 Å². The van der Waals surface area contributed by atoms with Crippen molar-refractivity contribution in [1.29, 1.82) is 0 Å². The summed E-state index contributed by atoms with van der Waals surface area (Å²) in [7, 11) is 0. The number of oxime groups is 1. The van der Waals surface area contributed by atoms with Crippen molar-refractivity contribution in [3.05, 3.63) is 29.8 Å². The summed E-state index contributed by atoms with van der Waals surface area (Å²) >= 11 is 0. The predicted molar refractivity (Wildman–Crippen MR) is 70.7 cm³/mol. The molecule has 1 amide bonds. The maximum absolute atomic E-state index is 12.2. The number of hydrogen-bond acceptors (Lipinski definition) is 4. The zero-order valence-electron chi connectivity index (χ0n) is 10.5. The van der Waals surface area contributed by atoms with Gasteiger partial charge in [0, 0.05) is 5.69 Å². The van der Waals surface area contributed by atoms with E-state index in [1.54, 1.807) is 24.3 Å². The van der Waals surface area contributed by atoms with E-state index in [1.165, 1.54) is 0 Å². The first-order valence-electron chi connectivity index (χ1n) is 6.11. The Kier molecular flexibility index (Phi) is 3.71. The number of carbonyl (C=O) groups excluding carboxylic acids is 1. The van der Waals surface area contributed by atoms with Crippen LogP contribution in [0.5, 0.6) is 0 Å². The summed E-state index contributed by atoms with van der Waals surface area (Å²) in [5.74, 6) is -0.297. The summed E-state index contributed by atoms with van der Waals surface area (Å²) in [6, 6.07) is 6.88. The summed E-state index contributed by atoms with van der Waals surface area (Å²) in [4.78, 5) is 12.2. The van der Waals surface area contributed by atoms with Crippen molar-refractivity contribution >= 4 is 17.4 Å². The van der Waals surface area contributed by atoms with E-state index in [1.807, 2.05) is 0 Å². The first-order chi connectivity index (χ1) is 9.12. The number of nitrogens with zero attached hydrogens (tertiary/aromatic N) is 1. The van der Waals surface area contributed by atoms with E-state index >= 15 is 0 Å². The average molecular weight is 263 g/mol. The number of hydrogen-bond donors (Lipinski definition) is 4. The van der Waals surface area contributed by atoms with Crippen LogP contribution in [0.3, 0.4) is 0 Å². The zero-order valence-corrected chi connectivity index (χ0v) is 10.5. The topological polar surface area (TPSA) is 108 Å². The zero-order chi connectivity index (χ0) is 13.9. The Morgan fingerprint density at radius 3 is 2.42 bits per heavy atom. The fourth-order valence-electron chi connectivity index (χ4n) is 2.17. The van der Waals surface area contributed by atoms with E-state index < -0.39 is 5.41 Å². The Balaban J connectivity index is 2.11. The molecule has 0 unspecified atom stereocenters. The SMILES string of the molecule is N/C(=N/O)C1(C(=O)Nc2ccc(CO)cc2)CCC1. The monoisotopic (exact) mass is 263 g/mol. The molecule has 1 aromatic rings. The number of amides is 1. The van der Waals surface area contributed by atoms with Crippen LogP contribution < -0.4 is 11.1 Å². The van der Waals surface area contributed by atoms with Crippen LogP contribution in [0, 0.1) is 5.41 Å². The third-order valence-corrected chi connectivity index (χ3v) is 3.63. The fourth-order valence-corrected chi connectivity index (χ4v) is 2.17. The van der Waals surface area contributed by atoms with Gasteiger partial charge >= 0.3 is 0 Å². The van der Waals surface area contributed by atoms with E-state index in [9.17, 15) is 4.79 Å². The number of nitrogens with one attached hydrogen (secondary N) is 1. The maximum Gasteiger partial charge on any atom is 0.238 e. The minimum atomic E-state index is -0.885. The maximum atomic E-state index is 12.2. The van der Waals surface area contributed by atoms with Gasteiger partial charge in [-0.25, -0.2) is 0 Å². The minimum absolute atomic E-state index is 0.0387. The summed E-state index contributed by atoms with van der Waals surface area (Å²) in [6.45, 7) is -0.0394. The highest BCUT2D eigenvalue weighted by molar-refractivity contribution is 6.12. The van der Waals surface area contributed by atoms with E-state index in [4.69, 9.17) is 16.0 Å². The summed E-state index contributed by atoms with van der Waals surface area (Å²) in [5, 5.41) is 23.4. The minimum Gasteiger partial charge on any atom is -0.409 e. The molecule has 6 nitrogen and oxygen atoms in total. The average Bonchev–Trinajstić information content (AvgIpc) is 2.38. The molecule has 0 atom stereocenters. The molecule has 1 aliphatic rings. The Labute approximate surface area is 110 Å². The third-order valence-electron chi connectivity index (χ3n) is 3.63. The van der Waals surface area contributed by atoms with Crippen LogP contribution in [0.4, 0.5) is 5.69 Å². The van der Waals surface area contributed by atoms with Crippen molar-refractivity contribution in [2.45, 2.75) is 25.9 Å². The van der Waals surface area contributed by atoms with Gasteiger partial charge in [-0.1, -0.05) is 23.7 Å². The smallest absolute Gasteiger partial charge is 0.238 e. The Morgan fingerprint density at radius 1 is 1.37 bits per heavy atom. The van der Waals surface area contributed by atoms with Gasteiger partial charge in [-0.05, 0) is 30.5 Å². The predicted octanol–water partition coefficient (Wildman–Crippen LogP) is 1.03. The van der Waals surface area contributed by atoms with Crippen molar-refractivity contribution in [2.24, 2.45) is 16.3 Å². The van der Waals surface area contributed by atoms with Gasteiger partial charge in [0.1, 0.15) is 5.41 Å². The molecule has 0 aromatic heterocycles. The second-order valence-electron chi connectivity index (χ2n) is 4.73. The van der Waals surface area contributed by atoms with Crippen molar-refractivity contribution in [2.75, 3.05) is 5.32 Å². The molecule has 0 radical (unpaired) electrons. The third kappa shape index (κ3) is 2.39. The van der Waals surface area contributed by atoms with Crippen LogP contribution in [0.15, 0.2) is 29.4 Å². The number of benzene rings is 1. The first kappa shape index (κ1) is 13.4. The summed E-state index contributed by atoms with van der Waals surface area (Å²) < 4.78 is 0. The van der Waals surface area contributed by atoms with Crippen molar-refractivity contribution in [1.82, 2.24) is 0 Å². The molecule has 19 heavy (non-hydrogen) atoms. The van der Waals surface area contributed by atoms with Gasteiger partial charge in [-0.15, -0.1) is 0 Å². The van der Waals surface area contributed by atoms with Gasteiger partial charge in [-0.3, -0.25) is 4.79 Å². The number of carbonyl (C=O) groups is 1. The van der Waals surface area contributed by atoms with Gasteiger partial charge < -0.3 is 21.4 Å². The van der Waals surface area contributed by atoms with Gasteiger partial charge in [0.15, 0.2) is 5.84 Å². The van der Waals surface area contributed by atoms with Crippen LogP contribution in [-0.4, -0.2) is 22.1 Å². The number of anilines is 1. The molecule has 6 heteroatoms. The highest BCUT2D eigenvalue weighted by atomic mass is 16.4. The van der Waals surface area contributed by atoms with Gasteiger partial charge in [0.2, 0.25) is 5.91 Å². The number of amidine groups is 1. The summed E-state index contributed by atoms with van der Waals surface area (Å²) in [5.41, 5.74) is 6.13. The molecule has 0 heterocycles. The van der Waals surface area contributed by atoms with Crippen LogP contribution in [-0.2, 0) is 11.4 Å². The molecule has 0 saturated heterocycles. The molecule has 1 aromatic carbocycles. The molecule has 5 N–H and O–H groups in total. The van der Waals surface area contributed by atoms with E-state index in [0.717, 1.165) is 12.0 Å². The molecule has 0 spiro atoms. The lowest BCUT2D eigenvalue weighted by Gasteiger charge is -2.38. The van der Waals surface area contributed by atoms with Crippen LogP contribution in [0.25, 0.3) is 0 Å². The largest absolute Gasteiger partial charge is 0.409 e. The highest BCUT2D eigenvalue weighted by Crippen LogP contribution is 2.42. The molecule has 0 aliphatic heterocycles. The van der Waals surface area contributed by atoms with Crippen molar-refractivity contribution in [3.8, 4) is 0 Å². The van der Waals surface area contributed by atoms with E-state index in [-0.39, 0.29) is 18.3 Å². The molecular weight excluding hydrogens is 246 g/mol. The molecule has 102 valence electrons. The lowest BCUT2D eigenvalue weighted by molar-refractivity contribution is -0.125. The Hall–Kier alpha value is -2.08. The fraction of sp³-hybridized carbons (Fsp3) is 0.385. The van der Waals surface area contributed by atoms with Gasteiger partial charge in [-0.2, -0.15) is 0 Å². The summed E-state index contributed by atoms with van der Waals surface area (Å²) in [6.07, 6.45) is 2.06. The standard InChI is InChI=1S/C13H17N3O3/c14-11(16-19)13(6-1-7-13)12(18)15-10-4-2-9(8-17)3-5-10/h2-5,17,19H,1,6-8H2,(H2,14,16)(H,15,18). The Morgan fingerprint density at radius 2 is 2.00 bits per heavy atom. The number of rotatable bonds is 4. The number of aliphatic hydroxyl groups is 1. The first-order valence-corrected chi connectivity index (χ1v) is 6.11. The second kappa shape index (κ2) is 5.27. The molecule has 2 rings (SSSR count). The van der Waals surface area contributed by atoms with Crippen LogP contribution >= 0.6 is 0 Å². The van der Waals surface area contributed by atoms with Crippen molar-refractivity contribution in [3.63, 3.8) is 0 Å². The molecule has 1 fully saturated rings. The quantitative estimate of drug-likeness (QED) is 0.281. The van der Waals surface area contributed by atoms with Crippen molar-refractivity contribution < 1.29 is 15.1 Å². The molecular formula is C13H17N3O3. The van der Waals surface area contributed by atoms with Gasteiger partial charge in [0.25, 0.3) is 0 Å².